The van der Waals surface area contributed by atoms with Crippen LogP contribution in [0.1, 0.15) is 77.3 Å². The summed E-state index contributed by atoms with van der Waals surface area (Å²) in [7, 11) is 0. The number of nitrogens with two attached hydrogens (primary N) is 1. The molecule has 6 heteroatoms. The lowest BCUT2D eigenvalue weighted by Gasteiger charge is -2.60. The van der Waals surface area contributed by atoms with E-state index in [1.54, 1.807) is 10.3 Å². The Bertz CT molecular complexity index is 862. The summed E-state index contributed by atoms with van der Waals surface area (Å²) >= 11 is 0. The molecule has 0 bridgehead atoms. The fourth-order valence-electron chi connectivity index (χ4n) is 7.86. The highest BCUT2D eigenvalue weighted by atomic mass is 16.6. The molecule has 31 heavy (non-hydrogen) atoms. The van der Waals surface area contributed by atoms with Crippen molar-refractivity contribution in [3.05, 3.63) is 24.0 Å². The molecule has 0 radical (unpaired) electrons. The zero-order valence-corrected chi connectivity index (χ0v) is 19.4. The molecule has 4 fully saturated rings. The van der Waals surface area contributed by atoms with Crippen LogP contribution in [-0.4, -0.2) is 27.3 Å². The van der Waals surface area contributed by atoms with Crippen molar-refractivity contribution in [3.63, 3.8) is 0 Å². The second-order valence-electron chi connectivity index (χ2n) is 11.1. The van der Waals surface area contributed by atoms with Crippen LogP contribution >= 0.6 is 0 Å². The summed E-state index contributed by atoms with van der Waals surface area (Å²) < 4.78 is 1.77. The molecule has 0 saturated heterocycles. The Labute approximate surface area is 186 Å². The second-order valence-corrected chi connectivity index (χ2v) is 11.1. The van der Waals surface area contributed by atoms with E-state index >= 15 is 0 Å². The molecule has 0 aromatic carbocycles. The molecule has 170 valence electrons. The third kappa shape index (κ3) is 3.55. The van der Waals surface area contributed by atoms with Crippen molar-refractivity contribution in [1.82, 2.24) is 15.0 Å². The summed E-state index contributed by atoms with van der Waals surface area (Å²) in [6, 6.07) is 0. The fourth-order valence-corrected chi connectivity index (χ4v) is 7.86. The van der Waals surface area contributed by atoms with Crippen LogP contribution in [-0.2, 0) is 17.9 Å². The number of nitrogens with zero attached hydrogens (tertiary/aromatic N) is 4. The molecule has 0 amide bonds. The minimum absolute atomic E-state index is 0.417. The number of allylic oxidation sites excluding steroid dienone is 1. The van der Waals surface area contributed by atoms with Crippen molar-refractivity contribution < 1.29 is 4.84 Å². The van der Waals surface area contributed by atoms with Gasteiger partial charge in [0.05, 0.1) is 18.0 Å². The minimum Gasteiger partial charge on any atom is -0.394 e. The van der Waals surface area contributed by atoms with Gasteiger partial charge in [-0.25, -0.2) is 4.68 Å². The molecule has 4 aliphatic rings. The predicted molar refractivity (Wildman–Crippen MR) is 122 cm³/mol. The maximum Gasteiger partial charge on any atom is 0.136 e. The van der Waals surface area contributed by atoms with Crippen molar-refractivity contribution >= 4 is 5.71 Å². The summed E-state index contributed by atoms with van der Waals surface area (Å²) in [5, 5.41) is 12.6. The van der Waals surface area contributed by atoms with Crippen LogP contribution in [0.4, 0.5) is 0 Å². The van der Waals surface area contributed by atoms with Crippen LogP contribution in [0.25, 0.3) is 0 Å². The van der Waals surface area contributed by atoms with Crippen molar-refractivity contribution in [2.45, 2.75) is 84.7 Å². The Morgan fingerprint density at radius 1 is 1.19 bits per heavy atom. The van der Waals surface area contributed by atoms with Crippen molar-refractivity contribution in [2.24, 2.45) is 45.4 Å². The first kappa shape index (κ1) is 21.2. The lowest BCUT2D eigenvalue weighted by molar-refractivity contribution is -0.0859. The molecule has 0 spiro atoms. The third-order valence-corrected chi connectivity index (χ3v) is 9.85. The highest BCUT2D eigenvalue weighted by Gasteiger charge is 2.58. The van der Waals surface area contributed by atoms with Crippen LogP contribution < -0.4 is 5.73 Å². The van der Waals surface area contributed by atoms with E-state index in [1.165, 1.54) is 50.7 Å². The van der Waals surface area contributed by atoms with Gasteiger partial charge in [-0.2, -0.15) is 0 Å². The number of hydrogen-bond acceptors (Lipinski definition) is 5. The van der Waals surface area contributed by atoms with Crippen LogP contribution in [0.3, 0.4) is 0 Å². The minimum atomic E-state index is 0.417. The molecule has 4 saturated carbocycles. The molecule has 1 aromatic heterocycles. The molecule has 6 atom stereocenters. The van der Waals surface area contributed by atoms with E-state index in [2.05, 4.69) is 35.9 Å². The number of fused-ring (bicyclic) bond motifs is 5. The second kappa shape index (κ2) is 8.02. The van der Waals surface area contributed by atoms with Gasteiger partial charge in [0.1, 0.15) is 6.61 Å². The quantitative estimate of drug-likeness (QED) is 0.421. The summed E-state index contributed by atoms with van der Waals surface area (Å²) in [6.45, 7) is 11.2. The molecule has 2 N–H and O–H groups in total. The predicted octanol–water partition coefficient (Wildman–Crippen LogP) is 4.71. The lowest BCUT2D eigenvalue weighted by Crippen LogP contribution is -2.52. The van der Waals surface area contributed by atoms with E-state index in [0.29, 0.717) is 30.5 Å². The number of hydrogen-bond donors (Lipinski definition) is 1. The van der Waals surface area contributed by atoms with E-state index in [1.807, 2.05) is 6.20 Å². The molecule has 1 aromatic rings. The molecular formula is C25H39N5O. The average Bonchev–Trinajstić information content (AvgIpc) is 3.35. The van der Waals surface area contributed by atoms with Crippen LogP contribution in [0.2, 0.25) is 0 Å². The normalized spacial score (nSPS) is 41.0. The Morgan fingerprint density at radius 2 is 2.06 bits per heavy atom. The Kier molecular flexibility index (Phi) is 5.48. The van der Waals surface area contributed by atoms with Gasteiger partial charge in [-0.3, -0.25) is 0 Å². The largest absolute Gasteiger partial charge is 0.394 e. The highest BCUT2D eigenvalue weighted by Crippen LogP contribution is 2.66. The molecule has 6 nitrogen and oxygen atoms in total. The topological polar surface area (TPSA) is 78.3 Å². The first-order valence-electron chi connectivity index (χ1n) is 12.4. The number of rotatable bonds is 5. The smallest absolute Gasteiger partial charge is 0.136 e. The zero-order chi connectivity index (χ0) is 21.6. The first-order chi connectivity index (χ1) is 14.9. The number of oxime groups is 1. The standard InChI is InChI=1S/C25H39N5O/c1-17-4-7-22-21-6-5-18-14-19(28-31-13-12-30-16-20(15-26)27-29-30)8-10-25(18,3)23(21)9-11-24(17,22)2/h16,18,21-23H,1,4-15,26H2,2-3H3/t18?,21?,22?,23?,24-,25+/m1/s1. The fraction of sp³-hybridized carbons (Fsp3) is 0.800. The lowest BCUT2D eigenvalue weighted by atomic mass is 9.45. The molecule has 5 rings (SSSR count). The van der Waals surface area contributed by atoms with Gasteiger partial charge in [0.15, 0.2) is 0 Å². The summed E-state index contributed by atoms with van der Waals surface area (Å²) in [5.41, 5.74) is 10.1. The van der Waals surface area contributed by atoms with Gasteiger partial charge in [0.25, 0.3) is 0 Å². The van der Waals surface area contributed by atoms with E-state index in [9.17, 15) is 0 Å². The molecular weight excluding hydrogens is 386 g/mol. The zero-order valence-electron chi connectivity index (χ0n) is 19.4. The third-order valence-electron chi connectivity index (χ3n) is 9.85. The first-order valence-corrected chi connectivity index (χ1v) is 12.4. The summed E-state index contributed by atoms with van der Waals surface area (Å²) in [5.74, 6) is 3.45. The molecule has 1 heterocycles. The SMILES string of the molecule is C=C1CCC2C3CCC4CC(=NOCCn5cc(CN)nn5)CC[C@]4(C)C3CC[C@]12C. The van der Waals surface area contributed by atoms with Gasteiger partial charge in [0, 0.05) is 12.7 Å². The summed E-state index contributed by atoms with van der Waals surface area (Å²) in [6.07, 6.45) is 13.5. The van der Waals surface area contributed by atoms with Crippen LogP contribution in [0, 0.1) is 34.5 Å². The summed E-state index contributed by atoms with van der Waals surface area (Å²) in [4.78, 5) is 5.68. The molecule has 4 aliphatic carbocycles. The van der Waals surface area contributed by atoms with Crippen molar-refractivity contribution in [2.75, 3.05) is 6.61 Å². The Hall–Kier alpha value is -1.69. The highest BCUT2D eigenvalue weighted by molar-refractivity contribution is 5.85. The van der Waals surface area contributed by atoms with Gasteiger partial charge < -0.3 is 10.6 Å². The average molecular weight is 426 g/mol. The Balaban J connectivity index is 1.19. The van der Waals surface area contributed by atoms with Crippen LogP contribution in [0.5, 0.6) is 0 Å². The van der Waals surface area contributed by atoms with E-state index in [4.69, 9.17) is 10.6 Å². The van der Waals surface area contributed by atoms with E-state index in [-0.39, 0.29) is 0 Å². The monoisotopic (exact) mass is 425 g/mol. The maximum absolute atomic E-state index is 5.68. The van der Waals surface area contributed by atoms with Crippen molar-refractivity contribution in [1.29, 1.82) is 0 Å². The van der Waals surface area contributed by atoms with Gasteiger partial charge in [-0.05, 0) is 92.3 Å². The van der Waals surface area contributed by atoms with E-state index < -0.39 is 0 Å². The van der Waals surface area contributed by atoms with Crippen molar-refractivity contribution in [3.8, 4) is 0 Å². The van der Waals surface area contributed by atoms with E-state index in [0.717, 1.165) is 42.2 Å². The molecule has 0 aliphatic heterocycles. The van der Waals surface area contributed by atoms with Gasteiger partial charge >= 0.3 is 0 Å². The van der Waals surface area contributed by atoms with Gasteiger partial charge in [0.2, 0.25) is 0 Å². The van der Waals surface area contributed by atoms with Gasteiger partial charge in [-0.1, -0.05) is 36.4 Å². The maximum atomic E-state index is 5.68. The Morgan fingerprint density at radius 3 is 2.87 bits per heavy atom. The molecule has 4 unspecified atom stereocenters. The van der Waals surface area contributed by atoms with Gasteiger partial charge in [-0.15, -0.1) is 5.10 Å². The number of aromatic nitrogens is 3. The van der Waals surface area contributed by atoms with Crippen LogP contribution in [0.15, 0.2) is 23.5 Å².